The van der Waals surface area contributed by atoms with E-state index in [0.29, 0.717) is 0 Å². The number of hydrogen-bond acceptors (Lipinski definition) is 4. The van der Waals surface area contributed by atoms with Gasteiger partial charge in [-0.15, -0.1) is 0 Å². The lowest BCUT2D eigenvalue weighted by atomic mass is 10.1. The molecule has 0 aliphatic heterocycles. The van der Waals surface area contributed by atoms with Gasteiger partial charge in [-0.1, -0.05) is 0 Å². The Morgan fingerprint density at radius 3 is 2.81 bits per heavy atom. The van der Waals surface area contributed by atoms with Crippen LogP contribution in [0.3, 0.4) is 0 Å². The normalized spacial score (nSPS) is 11.6. The van der Waals surface area contributed by atoms with E-state index in [1.54, 1.807) is 6.07 Å². The molecule has 6 heteroatoms. The Bertz CT molecular complexity index is 466. The first kappa shape index (κ1) is 11.9. The molecular weight excluding hydrogens is 213 g/mol. The maximum atomic E-state index is 13.1. The Labute approximate surface area is 91.3 Å². The number of amides is 1. The molecule has 0 unspecified atom stereocenters. The summed E-state index contributed by atoms with van der Waals surface area (Å²) in [6, 6.07) is 3.68. The number of nitrogens with one attached hydrogen (secondary N) is 1. The van der Waals surface area contributed by atoms with Crippen LogP contribution in [0.1, 0.15) is 12.5 Å². The molecule has 84 valence electrons. The van der Waals surface area contributed by atoms with Gasteiger partial charge in [0.25, 0.3) is 5.91 Å². The van der Waals surface area contributed by atoms with Gasteiger partial charge >= 0.3 is 0 Å². The Hall–Kier alpha value is -2.13. The first-order chi connectivity index (χ1) is 7.45. The van der Waals surface area contributed by atoms with E-state index in [-0.39, 0.29) is 16.9 Å². The van der Waals surface area contributed by atoms with Crippen LogP contribution >= 0.6 is 0 Å². The van der Waals surface area contributed by atoms with E-state index in [2.05, 4.69) is 5.32 Å². The predicted octanol–water partition coefficient (Wildman–Crippen LogP) is 0.599. The van der Waals surface area contributed by atoms with E-state index in [4.69, 9.17) is 16.1 Å². The number of carbonyl (C=O) groups is 1. The fraction of sp³-hybridized carbons (Fsp3) is 0.200. The lowest BCUT2D eigenvalue weighted by Gasteiger charge is -2.10. The lowest BCUT2D eigenvalue weighted by Crippen LogP contribution is -2.25. The number of anilines is 2. The van der Waals surface area contributed by atoms with E-state index in [1.807, 2.05) is 0 Å². The van der Waals surface area contributed by atoms with Crippen molar-refractivity contribution in [3.8, 4) is 6.07 Å². The van der Waals surface area contributed by atoms with E-state index in [1.165, 1.54) is 6.92 Å². The third kappa shape index (κ3) is 2.46. The van der Waals surface area contributed by atoms with Crippen molar-refractivity contribution in [2.75, 3.05) is 11.1 Å². The molecule has 1 aromatic carbocycles. The molecule has 0 spiro atoms. The Morgan fingerprint density at radius 2 is 2.31 bits per heavy atom. The van der Waals surface area contributed by atoms with Crippen molar-refractivity contribution in [3.05, 3.63) is 23.5 Å². The largest absolute Gasteiger partial charge is 0.397 e. The van der Waals surface area contributed by atoms with Gasteiger partial charge in [0.15, 0.2) is 0 Å². The highest BCUT2D eigenvalue weighted by Crippen LogP contribution is 2.22. The summed E-state index contributed by atoms with van der Waals surface area (Å²) in [6.07, 6.45) is -1.21. The summed E-state index contributed by atoms with van der Waals surface area (Å²) >= 11 is 0. The molecule has 1 amide bonds. The van der Waals surface area contributed by atoms with Gasteiger partial charge in [-0.25, -0.2) is 4.39 Å². The topological polar surface area (TPSA) is 99.1 Å². The van der Waals surface area contributed by atoms with E-state index < -0.39 is 17.8 Å². The summed E-state index contributed by atoms with van der Waals surface area (Å²) in [4.78, 5) is 11.2. The van der Waals surface area contributed by atoms with Gasteiger partial charge < -0.3 is 16.2 Å². The third-order valence-corrected chi connectivity index (χ3v) is 1.90. The van der Waals surface area contributed by atoms with Gasteiger partial charge in [0.2, 0.25) is 0 Å². The van der Waals surface area contributed by atoms with Crippen molar-refractivity contribution in [3.63, 3.8) is 0 Å². The van der Waals surface area contributed by atoms with E-state index in [9.17, 15) is 9.18 Å². The summed E-state index contributed by atoms with van der Waals surface area (Å²) in [6.45, 7) is 1.28. The minimum atomic E-state index is -1.21. The molecular formula is C10H10FN3O2. The molecule has 0 radical (unpaired) electrons. The molecule has 0 saturated carbocycles. The van der Waals surface area contributed by atoms with Crippen LogP contribution in [-0.4, -0.2) is 17.1 Å². The Balaban J connectivity index is 3.06. The molecule has 0 aromatic heterocycles. The van der Waals surface area contributed by atoms with Crippen LogP contribution in [0.15, 0.2) is 12.1 Å². The highest BCUT2D eigenvalue weighted by Gasteiger charge is 2.13. The Kier molecular flexibility index (Phi) is 3.43. The zero-order valence-electron chi connectivity index (χ0n) is 8.49. The summed E-state index contributed by atoms with van der Waals surface area (Å²) in [7, 11) is 0. The predicted molar refractivity (Wildman–Crippen MR) is 55.8 cm³/mol. The molecule has 0 fully saturated rings. The molecule has 0 bridgehead atoms. The smallest absolute Gasteiger partial charge is 0.252 e. The highest BCUT2D eigenvalue weighted by atomic mass is 19.1. The number of hydrogen-bond donors (Lipinski definition) is 3. The number of benzene rings is 1. The summed E-state index contributed by atoms with van der Waals surface area (Å²) in [5, 5.41) is 19.8. The first-order valence-corrected chi connectivity index (χ1v) is 4.43. The van der Waals surface area contributed by atoms with Gasteiger partial charge in [0.05, 0.1) is 16.9 Å². The maximum Gasteiger partial charge on any atom is 0.252 e. The molecule has 0 aliphatic rings. The Morgan fingerprint density at radius 1 is 1.69 bits per heavy atom. The number of nitrogen functional groups attached to an aromatic ring is 1. The fourth-order valence-electron chi connectivity index (χ4n) is 1.02. The first-order valence-electron chi connectivity index (χ1n) is 4.43. The zero-order valence-corrected chi connectivity index (χ0v) is 8.49. The van der Waals surface area contributed by atoms with E-state index >= 15 is 0 Å². The average Bonchev–Trinajstić information content (AvgIpc) is 2.21. The summed E-state index contributed by atoms with van der Waals surface area (Å²) in [5.74, 6) is -1.43. The standard InChI is InChI=1S/C10H10FN3O2/c1-5(15)10(16)14-9-2-6(4-12)7(11)3-8(9)13/h2-3,5,15H,13H2,1H3,(H,14,16)/t5-/m1/s1. The van der Waals surface area contributed by atoms with Crippen molar-refractivity contribution in [2.45, 2.75) is 13.0 Å². The van der Waals surface area contributed by atoms with Crippen LogP contribution in [0.2, 0.25) is 0 Å². The van der Waals surface area contributed by atoms with Crippen molar-refractivity contribution >= 4 is 17.3 Å². The SMILES string of the molecule is C[C@@H](O)C(=O)Nc1cc(C#N)c(F)cc1N. The zero-order chi connectivity index (χ0) is 12.3. The van der Waals surface area contributed by atoms with Crippen LogP contribution in [0, 0.1) is 17.1 Å². The van der Waals surface area contributed by atoms with Crippen LogP contribution in [0.4, 0.5) is 15.8 Å². The monoisotopic (exact) mass is 223 g/mol. The molecule has 4 N–H and O–H groups in total. The van der Waals surface area contributed by atoms with Gasteiger partial charge in [0.1, 0.15) is 18.0 Å². The minimum absolute atomic E-state index is 0.00880. The van der Waals surface area contributed by atoms with Crippen molar-refractivity contribution in [1.29, 1.82) is 5.26 Å². The lowest BCUT2D eigenvalue weighted by molar-refractivity contribution is -0.123. The molecule has 16 heavy (non-hydrogen) atoms. The summed E-state index contributed by atoms with van der Waals surface area (Å²) < 4.78 is 13.1. The van der Waals surface area contributed by atoms with Gasteiger partial charge in [-0.2, -0.15) is 5.26 Å². The number of nitrogens with zero attached hydrogens (tertiary/aromatic N) is 1. The molecule has 5 nitrogen and oxygen atoms in total. The van der Waals surface area contributed by atoms with Crippen molar-refractivity contribution in [1.82, 2.24) is 0 Å². The highest BCUT2D eigenvalue weighted by molar-refractivity contribution is 5.96. The quantitative estimate of drug-likeness (QED) is 0.639. The summed E-state index contributed by atoms with van der Waals surface area (Å²) in [5.41, 5.74) is 5.31. The molecule has 0 saturated heterocycles. The molecule has 1 aromatic rings. The van der Waals surface area contributed by atoms with Gasteiger partial charge in [-0.3, -0.25) is 4.79 Å². The van der Waals surface area contributed by atoms with Crippen molar-refractivity contribution in [2.24, 2.45) is 0 Å². The van der Waals surface area contributed by atoms with E-state index in [0.717, 1.165) is 12.1 Å². The molecule has 1 atom stereocenters. The number of rotatable bonds is 2. The second-order valence-corrected chi connectivity index (χ2v) is 3.20. The molecule has 0 heterocycles. The van der Waals surface area contributed by atoms with Gasteiger partial charge in [0, 0.05) is 6.07 Å². The van der Waals surface area contributed by atoms with Crippen LogP contribution < -0.4 is 11.1 Å². The number of carbonyl (C=O) groups excluding carboxylic acids is 1. The number of halogens is 1. The number of aliphatic hydroxyl groups is 1. The van der Waals surface area contributed by atoms with Crippen LogP contribution in [0.5, 0.6) is 0 Å². The maximum absolute atomic E-state index is 13.1. The minimum Gasteiger partial charge on any atom is -0.397 e. The number of nitriles is 1. The fourth-order valence-corrected chi connectivity index (χ4v) is 1.02. The van der Waals surface area contributed by atoms with Crippen molar-refractivity contribution < 1.29 is 14.3 Å². The second kappa shape index (κ2) is 4.59. The average molecular weight is 223 g/mol. The van der Waals surface area contributed by atoms with Crippen LogP contribution in [0.25, 0.3) is 0 Å². The molecule has 1 rings (SSSR count). The molecule has 0 aliphatic carbocycles. The van der Waals surface area contributed by atoms with Crippen LogP contribution in [-0.2, 0) is 4.79 Å². The van der Waals surface area contributed by atoms with Gasteiger partial charge in [-0.05, 0) is 13.0 Å². The third-order valence-electron chi connectivity index (χ3n) is 1.90. The number of nitrogens with two attached hydrogens (primary N) is 1. The number of aliphatic hydroxyl groups excluding tert-OH is 1. The second-order valence-electron chi connectivity index (χ2n) is 3.20.